The summed E-state index contributed by atoms with van der Waals surface area (Å²) >= 11 is 0. The Hall–Kier alpha value is -0.370. The zero-order chi connectivity index (χ0) is 14.6. The van der Waals surface area contributed by atoms with Gasteiger partial charge in [0, 0.05) is 18.9 Å². The molecule has 1 aliphatic heterocycles. The topological polar surface area (TPSA) is 26.3 Å². The third-order valence-corrected chi connectivity index (χ3v) is 4.57. The van der Waals surface area contributed by atoms with Crippen molar-refractivity contribution in [1.29, 1.82) is 0 Å². The minimum absolute atomic E-state index is 0.158. The highest BCUT2D eigenvalue weighted by molar-refractivity contribution is 5.81. The number of unbranched alkanes of at least 4 members (excludes halogenated alkanes) is 9. The Morgan fingerprint density at radius 2 is 1.50 bits per heavy atom. The van der Waals surface area contributed by atoms with E-state index in [9.17, 15) is 4.79 Å². The van der Waals surface area contributed by atoms with E-state index < -0.39 is 0 Å². The number of ether oxygens (including phenoxy) is 1. The van der Waals surface area contributed by atoms with Gasteiger partial charge in [-0.1, -0.05) is 64.7 Å². The lowest BCUT2D eigenvalue weighted by Gasteiger charge is -2.12. The van der Waals surface area contributed by atoms with Gasteiger partial charge < -0.3 is 4.74 Å². The van der Waals surface area contributed by atoms with Gasteiger partial charge in [-0.3, -0.25) is 4.79 Å². The maximum atomic E-state index is 12.0. The Labute approximate surface area is 125 Å². The van der Waals surface area contributed by atoms with E-state index in [4.69, 9.17) is 4.74 Å². The predicted octanol–water partition coefficient (Wildman–Crippen LogP) is 5.29. The molecule has 1 saturated heterocycles. The molecule has 2 heteroatoms. The first-order valence-electron chi connectivity index (χ1n) is 8.90. The highest BCUT2D eigenvalue weighted by Crippen LogP contribution is 2.23. The Morgan fingerprint density at radius 3 is 2.00 bits per heavy atom. The van der Waals surface area contributed by atoms with E-state index in [1.807, 2.05) is 6.92 Å². The second kappa shape index (κ2) is 11.3. The number of Topliss-reactive ketones (excluding diaryl/α,β-unsaturated/α-hetero) is 1. The van der Waals surface area contributed by atoms with Crippen molar-refractivity contribution in [1.82, 2.24) is 0 Å². The standard InChI is InChI=1S/C18H34O2/c1-3-4-5-6-7-8-9-10-11-12-13-18(19)17-14-15-20-16(17)2/h16-17H,3-15H2,1-2H3. The summed E-state index contributed by atoms with van der Waals surface area (Å²) in [5.74, 6) is 0.628. The Bertz CT molecular complexity index is 250. The van der Waals surface area contributed by atoms with Crippen LogP contribution in [0.1, 0.15) is 90.9 Å². The molecule has 0 spiro atoms. The maximum Gasteiger partial charge on any atom is 0.138 e. The van der Waals surface area contributed by atoms with Gasteiger partial charge in [0.05, 0.1) is 6.10 Å². The average Bonchev–Trinajstić information content (AvgIpc) is 2.87. The van der Waals surface area contributed by atoms with Crippen molar-refractivity contribution in [2.45, 2.75) is 97.0 Å². The summed E-state index contributed by atoms with van der Waals surface area (Å²) in [5, 5.41) is 0. The van der Waals surface area contributed by atoms with Gasteiger partial charge in [0.25, 0.3) is 0 Å². The highest BCUT2D eigenvalue weighted by atomic mass is 16.5. The van der Waals surface area contributed by atoms with Gasteiger partial charge in [-0.05, 0) is 19.8 Å². The Kier molecular flexibility index (Phi) is 10.00. The highest BCUT2D eigenvalue weighted by Gasteiger charge is 2.29. The molecule has 0 aromatic heterocycles. The number of ketones is 1. The predicted molar refractivity (Wildman–Crippen MR) is 85.0 cm³/mol. The maximum absolute atomic E-state index is 12.0. The molecule has 1 fully saturated rings. The van der Waals surface area contributed by atoms with E-state index in [2.05, 4.69) is 6.92 Å². The summed E-state index contributed by atoms with van der Waals surface area (Å²) in [5.41, 5.74) is 0. The molecule has 1 aliphatic rings. The fraction of sp³-hybridized carbons (Fsp3) is 0.944. The fourth-order valence-corrected chi connectivity index (χ4v) is 3.13. The molecule has 0 radical (unpaired) electrons. The van der Waals surface area contributed by atoms with Crippen molar-refractivity contribution in [3.05, 3.63) is 0 Å². The third-order valence-electron chi connectivity index (χ3n) is 4.57. The van der Waals surface area contributed by atoms with Crippen molar-refractivity contribution in [2.24, 2.45) is 5.92 Å². The number of hydrogen-bond donors (Lipinski definition) is 0. The average molecular weight is 282 g/mol. The summed E-state index contributed by atoms with van der Waals surface area (Å²) in [6.07, 6.45) is 15.2. The summed E-state index contributed by atoms with van der Waals surface area (Å²) in [4.78, 5) is 12.0. The molecule has 0 aromatic carbocycles. The quantitative estimate of drug-likeness (QED) is 0.454. The van der Waals surface area contributed by atoms with Crippen LogP contribution >= 0.6 is 0 Å². The van der Waals surface area contributed by atoms with E-state index in [0.29, 0.717) is 5.78 Å². The zero-order valence-electron chi connectivity index (χ0n) is 13.7. The molecule has 2 atom stereocenters. The van der Waals surface area contributed by atoms with Gasteiger partial charge in [-0.15, -0.1) is 0 Å². The summed E-state index contributed by atoms with van der Waals surface area (Å²) in [6, 6.07) is 0. The van der Waals surface area contributed by atoms with E-state index >= 15 is 0 Å². The molecule has 20 heavy (non-hydrogen) atoms. The number of carbonyl (C=O) groups is 1. The van der Waals surface area contributed by atoms with Gasteiger partial charge >= 0.3 is 0 Å². The lowest BCUT2D eigenvalue weighted by atomic mass is 9.93. The van der Waals surface area contributed by atoms with Crippen LogP contribution in [0, 0.1) is 5.92 Å². The SMILES string of the molecule is CCCCCCCCCCCCC(=O)C1CCOC1C. The molecule has 1 heterocycles. The molecule has 0 aliphatic carbocycles. The third kappa shape index (κ3) is 7.42. The first-order valence-corrected chi connectivity index (χ1v) is 8.90. The molecule has 2 nitrogen and oxygen atoms in total. The molecule has 0 saturated carbocycles. The van der Waals surface area contributed by atoms with Crippen LogP contribution in [-0.4, -0.2) is 18.5 Å². The van der Waals surface area contributed by atoms with E-state index in [0.717, 1.165) is 25.9 Å². The molecule has 0 aromatic rings. The molecular formula is C18H34O2. The molecule has 2 unspecified atom stereocenters. The monoisotopic (exact) mass is 282 g/mol. The second-order valence-electron chi connectivity index (χ2n) is 6.37. The van der Waals surface area contributed by atoms with E-state index in [-0.39, 0.29) is 12.0 Å². The number of carbonyl (C=O) groups excluding carboxylic acids is 1. The van der Waals surface area contributed by atoms with Crippen molar-refractivity contribution >= 4 is 5.78 Å². The minimum atomic E-state index is 0.158. The largest absolute Gasteiger partial charge is 0.378 e. The number of rotatable bonds is 12. The van der Waals surface area contributed by atoms with E-state index in [1.54, 1.807) is 0 Å². The second-order valence-corrected chi connectivity index (χ2v) is 6.37. The number of hydrogen-bond acceptors (Lipinski definition) is 2. The first-order chi connectivity index (χ1) is 9.75. The first kappa shape index (κ1) is 17.7. The van der Waals surface area contributed by atoms with Crippen molar-refractivity contribution < 1.29 is 9.53 Å². The van der Waals surface area contributed by atoms with Gasteiger partial charge in [-0.25, -0.2) is 0 Å². The summed E-state index contributed by atoms with van der Waals surface area (Å²) < 4.78 is 5.47. The molecule has 0 bridgehead atoms. The molecular weight excluding hydrogens is 248 g/mol. The van der Waals surface area contributed by atoms with Crippen LogP contribution in [0.5, 0.6) is 0 Å². The Morgan fingerprint density at radius 1 is 0.950 bits per heavy atom. The lowest BCUT2D eigenvalue weighted by molar-refractivity contribution is -0.124. The smallest absolute Gasteiger partial charge is 0.138 e. The zero-order valence-corrected chi connectivity index (χ0v) is 13.7. The lowest BCUT2D eigenvalue weighted by Crippen LogP contribution is -2.21. The van der Waals surface area contributed by atoms with Gasteiger partial charge in [0.2, 0.25) is 0 Å². The normalized spacial score (nSPS) is 22.3. The summed E-state index contributed by atoms with van der Waals surface area (Å²) in [7, 11) is 0. The Balaban J connectivity index is 1.86. The molecule has 118 valence electrons. The fourth-order valence-electron chi connectivity index (χ4n) is 3.13. The van der Waals surface area contributed by atoms with Crippen molar-refractivity contribution in [3.8, 4) is 0 Å². The van der Waals surface area contributed by atoms with E-state index in [1.165, 1.54) is 57.8 Å². The van der Waals surface area contributed by atoms with Crippen LogP contribution in [0.15, 0.2) is 0 Å². The van der Waals surface area contributed by atoms with Crippen LogP contribution in [0.3, 0.4) is 0 Å². The van der Waals surface area contributed by atoms with Crippen LogP contribution in [-0.2, 0) is 9.53 Å². The molecule has 1 rings (SSSR count). The van der Waals surface area contributed by atoms with Crippen LogP contribution in [0.4, 0.5) is 0 Å². The van der Waals surface area contributed by atoms with Gasteiger partial charge in [0.1, 0.15) is 5.78 Å². The summed E-state index contributed by atoms with van der Waals surface area (Å²) in [6.45, 7) is 5.07. The molecule has 0 N–H and O–H groups in total. The van der Waals surface area contributed by atoms with Gasteiger partial charge in [0.15, 0.2) is 0 Å². The van der Waals surface area contributed by atoms with Crippen LogP contribution in [0.2, 0.25) is 0 Å². The van der Waals surface area contributed by atoms with Crippen LogP contribution in [0.25, 0.3) is 0 Å². The minimum Gasteiger partial charge on any atom is -0.378 e. The van der Waals surface area contributed by atoms with Crippen LogP contribution < -0.4 is 0 Å². The van der Waals surface area contributed by atoms with Crippen molar-refractivity contribution in [3.63, 3.8) is 0 Å². The van der Waals surface area contributed by atoms with Crippen molar-refractivity contribution in [2.75, 3.05) is 6.61 Å². The molecule has 0 amide bonds. The van der Waals surface area contributed by atoms with Gasteiger partial charge in [-0.2, -0.15) is 0 Å².